The Hall–Kier alpha value is -3.09. The van der Waals surface area contributed by atoms with Gasteiger partial charge in [0, 0.05) is 11.8 Å². The summed E-state index contributed by atoms with van der Waals surface area (Å²) in [4.78, 5) is 23.6. The van der Waals surface area contributed by atoms with Gasteiger partial charge >= 0.3 is 0 Å². The standard InChI is InChI=1S/C18H16FNO5/c1-11(21)14-8-12(19)2-4-15(14)25-10-18(22)20-13-3-5-16-17(9-13)24-7-6-23-16/h2-5,8-9H,6-7,10H2,1H3,(H,20,22). The maximum atomic E-state index is 13.2. The Morgan fingerprint density at radius 2 is 1.88 bits per heavy atom. The first-order valence-corrected chi connectivity index (χ1v) is 7.66. The topological polar surface area (TPSA) is 73.9 Å². The molecular formula is C18H16FNO5. The summed E-state index contributed by atoms with van der Waals surface area (Å²) in [7, 11) is 0. The van der Waals surface area contributed by atoms with Crippen molar-refractivity contribution in [2.75, 3.05) is 25.1 Å². The van der Waals surface area contributed by atoms with Gasteiger partial charge in [0.1, 0.15) is 24.8 Å². The van der Waals surface area contributed by atoms with Crippen molar-refractivity contribution in [1.29, 1.82) is 0 Å². The molecule has 2 aromatic carbocycles. The first-order valence-electron chi connectivity index (χ1n) is 7.66. The van der Waals surface area contributed by atoms with Crippen LogP contribution in [0.3, 0.4) is 0 Å². The summed E-state index contributed by atoms with van der Waals surface area (Å²) < 4.78 is 29.4. The Bertz CT molecular complexity index is 821. The number of nitrogens with one attached hydrogen (secondary N) is 1. The van der Waals surface area contributed by atoms with Crippen LogP contribution in [0.2, 0.25) is 0 Å². The van der Waals surface area contributed by atoms with E-state index in [-0.39, 0.29) is 23.7 Å². The first-order chi connectivity index (χ1) is 12.0. The lowest BCUT2D eigenvalue weighted by molar-refractivity contribution is -0.118. The molecule has 0 radical (unpaired) electrons. The largest absolute Gasteiger partial charge is 0.486 e. The van der Waals surface area contributed by atoms with Crippen molar-refractivity contribution in [2.24, 2.45) is 0 Å². The molecule has 130 valence electrons. The van der Waals surface area contributed by atoms with Crippen LogP contribution >= 0.6 is 0 Å². The van der Waals surface area contributed by atoms with Gasteiger partial charge in [-0.1, -0.05) is 0 Å². The highest BCUT2D eigenvalue weighted by Crippen LogP contribution is 2.32. The predicted octanol–water partition coefficient (Wildman–Crippen LogP) is 2.82. The predicted molar refractivity (Wildman–Crippen MR) is 88.0 cm³/mol. The zero-order chi connectivity index (χ0) is 17.8. The monoisotopic (exact) mass is 345 g/mol. The Kier molecular flexibility index (Phi) is 4.83. The second kappa shape index (κ2) is 7.21. The number of carbonyl (C=O) groups excluding carboxylic acids is 2. The molecule has 0 aromatic heterocycles. The molecule has 0 bridgehead atoms. The molecule has 1 N–H and O–H groups in total. The number of rotatable bonds is 5. The molecule has 1 heterocycles. The summed E-state index contributed by atoms with van der Waals surface area (Å²) in [6.07, 6.45) is 0. The second-order valence-corrected chi connectivity index (χ2v) is 5.39. The minimum absolute atomic E-state index is 0.0899. The fraction of sp³-hybridized carbons (Fsp3) is 0.222. The minimum atomic E-state index is -0.543. The molecule has 1 aliphatic rings. The Labute approximate surface area is 143 Å². The van der Waals surface area contributed by atoms with Gasteiger partial charge in [-0.25, -0.2) is 4.39 Å². The molecule has 0 saturated heterocycles. The molecule has 0 spiro atoms. The smallest absolute Gasteiger partial charge is 0.262 e. The number of benzene rings is 2. The molecule has 3 rings (SSSR count). The fourth-order valence-corrected chi connectivity index (χ4v) is 2.36. The molecule has 0 fully saturated rings. The van der Waals surface area contributed by atoms with E-state index in [1.807, 2.05) is 0 Å². The molecule has 0 unspecified atom stereocenters. The second-order valence-electron chi connectivity index (χ2n) is 5.39. The van der Waals surface area contributed by atoms with Crippen LogP contribution in [0.1, 0.15) is 17.3 Å². The number of Topliss-reactive ketones (excluding diaryl/α,β-unsaturated/α-hetero) is 1. The number of ether oxygens (including phenoxy) is 3. The molecular weight excluding hydrogens is 329 g/mol. The highest BCUT2D eigenvalue weighted by molar-refractivity contribution is 5.97. The number of hydrogen-bond donors (Lipinski definition) is 1. The van der Waals surface area contributed by atoms with E-state index in [0.717, 1.165) is 6.07 Å². The number of halogens is 1. The van der Waals surface area contributed by atoms with Gasteiger partial charge in [-0.3, -0.25) is 9.59 Å². The van der Waals surface area contributed by atoms with Crippen molar-refractivity contribution in [1.82, 2.24) is 0 Å². The molecule has 1 aliphatic heterocycles. The van der Waals surface area contributed by atoms with Crippen LogP contribution in [0, 0.1) is 5.82 Å². The Morgan fingerprint density at radius 3 is 2.64 bits per heavy atom. The van der Waals surface area contributed by atoms with E-state index in [9.17, 15) is 14.0 Å². The summed E-state index contributed by atoms with van der Waals surface area (Å²) in [6.45, 7) is 1.92. The van der Waals surface area contributed by atoms with E-state index >= 15 is 0 Å². The van der Waals surface area contributed by atoms with Crippen LogP contribution in [0.4, 0.5) is 10.1 Å². The zero-order valence-corrected chi connectivity index (χ0v) is 13.5. The quantitative estimate of drug-likeness (QED) is 0.844. The van der Waals surface area contributed by atoms with E-state index in [4.69, 9.17) is 14.2 Å². The third kappa shape index (κ3) is 4.06. The van der Waals surface area contributed by atoms with Crippen molar-refractivity contribution >= 4 is 17.4 Å². The maximum absolute atomic E-state index is 13.2. The van der Waals surface area contributed by atoms with Gasteiger partial charge in [0.05, 0.1) is 5.56 Å². The van der Waals surface area contributed by atoms with Gasteiger partial charge in [-0.15, -0.1) is 0 Å². The Morgan fingerprint density at radius 1 is 1.12 bits per heavy atom. The molecule has 6 nitrogen and oxygen atoms in total. The number of amides is 1. The molecule has 0 atom stereocenters. The molecule has 25 heavy (non-hydrogen) atoms. The number of ketones is 1. The number of fused-ring (bicyclic) bond motifs is 1. The van der Waals surface area contributed by atoms with E-state index in [1.165, 1.54) is 19.1 Å². The van der Waals surface area contributed by atoms with E-state index in [0.29, 0.717) is 30.4 Å². The lowest BCUT2D eigenvalue weighted by Crippen LogP contribution is -2.21. The maximum Gasteiger partial charge on any atom is 0.262 e. The van der Waals surface area contributed by atoms with Gasteiger partial charge in [-0.05, 0) is 37.3 Å². The van der Waals surface area contributed by atoms with Crippen LogP contribution in [0.15, 0.2) is 36.4 Å². The first kappa shape index (κ1) is 16.8. The van der Waals surface area contributed by atoms with Crippen molar-refractivity contribution < 1.29 is 28.2 Å². The lowest BCUT2D eigenvalue weighted by Gasteiger charge is -2.19. The minimum Gasteiger partial charge on any atom is -0.486 e. The number of anilines is 1. The lowest BCUT2D eigenvalue weighted by atomic mass is 10.1. The van der Waals surface area contributed by atoms with Crippen molar-refractivity contribution in [2.45, 2.75) is 6.92 Å². The molecule has 2 aromatic rings. The Balaban J connectivity index is 1.63. The normalized spacial score (nSPS) is 12.4. The summed E-state index contributed by atoms with van der Waals surface area (Å²) >= 11 is 0. The van der Waals surface area contributed by atoms with Crippen LogP contribution < -0.4 is 19.5 Å². The van der Waals surface area contributed by atoms with Crippen LogP contribution in [0.5, 0.6) is 17.2 Å². The van der Waals surface area contributed by atoms with Gasteiger partial charge in [0.25, 0.3) is 5.91 Å². The number of carbonyl (C=O) groups is 2. The van der Waals surface area contributed by atoms with Crippen molar-refractivity contribution in [3.63, 3.8) is 0 Å². The van der Waals surface area contributed by atoms with Gasteiger partial charge in [0.15, 0.2) is 23.9 Å². The molecule has 7 heteroatoms. The highest BCUT2D eigenvalue weighted by atomic mass is 19.1. The third-order valence-corrected chi connectivity index (χ3v) is 3.51. The highest BCUT2D eigenvalue weighted by Gasteiger charge is 2.14. The van der Waals surface area contributed by atoms with Crippen LogP contribution in [-0.4, -0.2) is 31.5 Å². The summed E-state index contributed by atoms with van der Waals surface area (Å²) in [5.74, 6) is 0.0297. The van der Waals surface area contributed by atoms with Crippen LogP contribution in [0.25, 0.3) is 0 Å². The van der Waals surface area contributed by atoms with E-state index in [2.05, 4.69) is 5.32 Å². The molecule has 0 aliphatic carbocycles. The zero-order valence-electron chi connectivity index (χ0n) is 13.5. The summed E-state index contributed by atoms with van der Waals surface area (Å²) in [5, 5.41) is 2.66. The number of hydrogen-bond acceptors (Lipinski definition) is 5. The van der Waals surface area contributed by atoms with Gasteiger partial charge in [0.2, 0.25) is 0 Å². The molecule has 1 amide bonds. The fourth-order valence-electron chi connectivity index (χ4n) is 2.36. The summed E-state index contributed by atoms with van der Waals surface area (Å²) in [5.41, 5.74) is 0.621. The third-order valence-electron chi connectivity index (χ3n) is 3.51. The average Bonchev–Trinajstić information content (AvgIpc) is 2.60. The summed E-state index contributed by atoms with van der Waals surface area (Å²) in [6, 6.07) is 8.62. The van der Waals surface area contributed by atoms with Crippen LogP contribution in [-0.2, 0) is 4.79 Å². The SMILES string of the molecule is CC(=O)c1cc(F)ccc1OCC(=O)Nc1ccc2c(c1)OCCO2. The van der Waals surface area contributed by atoms with Crippen molar-refractivity contribution in [3.05, 3.63) is 47.8 Å². The van der Waals surface area contributed by atoms with Gasteiger partial charge < -0.3 is 19.5 Å². The van der Waals surface area contributed by atoms with E-state index in [1.54, 1.807) is 18.2 Å². The van der Waals surface area contributed by atoms with Gasteiger partial charge in [-0.2, -0.15) is 0 Å². The average molecular weight is 345 g/mol. The molecule has 0 saturated carbocycles. The van der Waals surface area contributed by atoms with E-state index < -0.39 is 11.7 Å². The van der Waals surface area contributed by atoms with Crippen molar-refractivity contribution in [3.8, 4) is 17.2 Å².